The van der Waals surface area contributed by atoms with Crippen molar-refractivity contribution in [1.82, 2.24) is 19.1 Å². The van der Waals surface area contributed by atoms with Crippen LogP contribution < -0.4 is 4.90 Å². The van der Waals surface area contributed by atoms with Crippen LogP contribution in [0.25, 0.3) is 10.1 Å². The first-order valence-corrected chi connectivity index (χ1v) is 14.5. The standard InChI is InChI=1S/C29H35N5O2S/c35-28(22-10-2-1-3-11-22)34-25-14-6-5-13-24(25)33(29(34)36)17-9-8-16-31-18-20-32(21-19-31)27-23-12-4-7-15-26(23)37-30-27/h1-4,7,10-12,15,24-25H,5-6,8-9,13-14,16-21H2. The maximum absolute atomic E-state index is 13.4. The van der Waals surface area contributed by atoms with Gasteiger partial charge in [0.2, 0.25) is 0 Å². The average Bonchev–Trinajstić information content (AvgIpc) is 3.50. The topological polar surface area (TPSA) is 60.0 Å². The van der Waals surface area contributed by atoms with E-state index in [1.807, 2.05) is 35.2 Å². The lowest BCUT2D eigenvalue weighted by Crippen LogP contribution is -2.47. The minimum atomic E-state index is -0.143. The maximum atomic E-state index is 13.4. The third-order valence-corrected chi connectivity index (χ3v) is 9.09. The van der Waals surface area contributed by atoms with Crippen molar-refractivity contribution in [2.24, 2.45) is 0 Å². The number of fused-ring (bicyclic) bond motifs is 2. The van der Waals surface area contributed by atoms with E-state index in [-0.39, 0.29) is 24.0 Å². The molecule has 194 valence electrons. The molecular formula is C29H35N5O2S. The van der Waals surface area contributed by atoms with Crippen molar-refractivity contribution < 1.29 is 9.59 Å². The first kappa shape index (κ1) is 24.4. The lowest BCUT2D eigenvalue weighted by molar-refractivity contribution is 0.0757. The van der Waals surface area contributed by atoms with Crippen LogP contribution >= 0.6 is 11.5 Å². The Kier molecular flexibility index (Phi) is 7.11. The molecule has 2 atom stereocenters. The van der Waals surface area contributed by atoms with E-state index in [0.29, 0.717) is 5.56 Å². The van der Waals surface area contributed by atoms with Crippen LogP contribution in [0.5, 0.6) is 0 Å². The second-order valence-corrected chi connectivity index (χ2v) is 11.3. The van der Waals surface area contributed by atoms with Gasteiger partial charge in [-0.05, 0) is 68.0 Å². The van der Waals surface area contributed by atoms with E-state index in [4.69, 9.17) is 4.37 Å². The van der Waals surface area contributed by atoms with Crippen molar-refractivity contribution >= 4 is 39.4 Å². The molecule has 2 unspecified atom stereocenters. The van der Waals surface area contributed by atoms with Gasteiger partial charge in [0.1, 0.15) is 5.82 Å². The number of aromatic nitrogens is 1. The maximum Gasteiger partial charge on any atom is 0.327 e. The van der Waals surface area contributed by atoms with Crippen LogP contribution in [0.4, 0.5) is 10.6 Å². The number of imide groups is 1. The fourth-order valence-corrected chi connectivity index (χ4v) is 7.09. The van der Waals surface area contributed by atoms with Crippen molar-refractivity contribution in [3.8, 4) is 0 Å². The van der Waals surface area contributed by atoms with E-state index in [2.05, 4.69) is 34.1 Å². The molecule has 3 heterocycles. The summed E-state index contributed by atoms with van der Waals surface area (Å²) in [6, 6.07) is 17.8. The summed E-state index contributed by atoms with van der Waals surface area (Å²) in [5, 5.41) is 1.26. The van der Waals surface area contributed by atoms with Gasteiger partial charge in [-0.25, -0.2) is 4.79 Å². The van der Waals surface area contributed by atoms with Crippen molar-refractivity contribution in [1.29, 1.82) is 0 Å². The predicted molar refractivity (Wildman–Crippen MR) is 148 cm³/mol. The second-order valence-electron chi connectivity index (χ2n) is 10.5. The molecule has 8 heteroatoms. The van der Waals surface area contributed by atoms with Crippen LogP contribution in [0.3, 0.4) is 0 Å². The van der Waals surface area contributed by atoms with Gasteiger partial charge in [0.05, 0.1) is 16.8 Å². The molecule has 0 bridgehead atoms. The van der Waals surface area contributed by atoms with Gasteiger partial charge < -0.3 is 9.80 Å². The van der Waals surface area contributed by atoms with Gasteiger partial charge in [-0.3, -0.25) is 14.6 Å². The summed E-state index contributed by atoms with van der Waals surface area (Å²) in [5.74, 6) is 0.986. The number of amides is 3. The number of anilines is 1. The van der Waals surface area contributed by atoms with E-state index >= 15 is 0 Å². The van der Waals surface area contributed by atoms with Crippen LogP contribution in [0.15, 0.2) is 54.6 Å². The number of hydrogen-bond donors (Lipinski definition) is 0. The zero-order valence-corrected chi connectivity index (χ0v) is 22.1. The van der Waals surface area contributed by atoms with Crippen LogP contribution in [0, 0.1) is 0 Å². The van der Waals surface area contributed by atoms with Gasteiger partial charge >= 0.3 is 6.03 Å². The Morgan fingerprint density at radius 1 is 0.865 bits per heavy atom. The molecule has 3 aromatic rings. The third-order valence-electron chi connectivity index (χ3n) is 8.27. The van der Waals surface area contributed by atoms with Gasteiger partial charge in [-0.2, -0.15) is 4.37 Å². The monoisotopic (exact) mass is 517 g/mol. The zero-order chi connectivity index (χ0) is 25.2. The van der Waals surface area contributed by atoms with Gasteiger partial charge in [-0.1, -0.05) is 43.2 Å². The molecule has 37 heavy (non-hydrogen) atoms. The van der Waals surface area contributed by atoms with Crippen LogP contribution in [-0.2, 0) is 0 Å². The largest absolute Gasteiger partial charge is 0.353 e. The number of carbonyl (C=O) groups is 2. The number of rotatable bonds is 7. The first-order chi connectivity index (χ1) is 18.2. The van der Waals surface area contributed by atoms with E-state index in [1.54, 1.807) is 16.4 Å². The Hall–Kier alpha value is -2.97. The van der Waals surface area contributed by atoms with E-state index in [9.17, 15) is 9.59 Å². The van der Waals surface area contributed by atoms with E-state index in [0.717, 1.165) is 83.6 Å². The Bertz CT molecular complexity index is 1240. The highest BCUT2D eigenvalue weighted by Gasteiger charge is 2.49. The minimum Gasteiger partial charge on any atom is -0.353 e. The number of urea groups is 1. The summed E-state index contributed by atoms with van der Waals surface area (Å²) in [6.07, 6.45) is 6.18. The molecule has 3 amide bonds. The number of carbonyl (C=O) groups excluding carboxylic acids is 2. The Morgan fingerprint density at radius 2 is 1.57 bits per heavy atom. The second kappa shape index (κ2) is 10.8. The molecule has 6 rings (SSSR count). The number of unbranched alkanes of at least 4 members (excludes halogenated alkanes) is 1. The van der Waals surface area contributed by atoms with E-state index < -0.39 is 0 Å². The van der Waals surface area contributed by atoms with Crippen molar-refractivity contribution in [2.45, 2.75) is 50.6 Å². The molecule has 0 radical (unpaired) electrons. The average molecular weight is 518 g/mol. The fourth-order valence-electron chi connectivity index (χ4n) is 6.30. The van der Waals surface area contributed by atoms with Gasteiger partial charge in [-0.15, -0.1) is 0 Å². The summed E-state index contributed by atoms with van der Waals surface area (Å²) in [5.41, 5.74) is 0.604. The minimum absolute atomic E-state index is 0.0174. The highest BCUT2D eigenvalue weighted by atomic mass is 32.1. The smallest absolute Gasteiger partial charge is 0.327 e. The number of nitrogens with zero attached hydrogens (tertiary/aromatic N) is 5. The summed E-state index contributed by atoms with van der Waals surface area (Å²) >= 11 is 1.58. The molecule has 1 aromatic heterocycles. The van der Waals surface area contributed by atoms with Crippen molar-refractivity contribution in [2.75, 3.05) is 44.2 Å². The number of hydrogen-bond acceptors (Lipinski definition) is 6. The lowest BCUT2D eigenvalue weighted by atomic mass is 9.90. The lowest BCUT2D eigenvalue weighted by Gasteiger charge is -2.35. The van der Waals surface area contributed by atoms with Crippen molar-refractivity contribution in [3.63, 3.8) is 0 Å². The molecule has 3 aliphatic rings. The van der Waals surface area contributed by atoms with Gasteiger partial charge in [0.15, 0.2) is 0 Å². The number of piperazine rings is 1. The summed E-state index contributed by atoms with van der Waals surface area (Å²) < 4.78 is 5.98. The summed E-state index contributed by atoms with van der Waals surface area (Å²) in [7, 11) is 0. The summed E-state index contributed by atoms with van der Waals surface area (Å²) in [6.45, 7) is 5.87. The highest BCUT2D eigenvalue weighted by Crippen LogP contribution is 2.35. The quantitative estimate of drug-likeness (QED) is 0.409. The Labute approximate surface area is 222 Å². The molecule has 1 aliphatic carbocycles. The molecule has 1 saturated carbocycles. The number of benzene rings is 2. The molecule has 0 spiro atoms. The molecule has 7 nitrogen and oxygen atoms in total. The summed E-state index contributed by atoms with van der Waals surface area (Å²) in [4.78, 5) is 35.2. The van der Waals surface area contributed by atoms with Crippen LogP contribution in [-0.4, -0.2) is 82.4 Å². The molecule has 2 aromatic carbocycles. The highest BCUT2D eigenvalue weighted by molar-refractivity contribution is 7.13. The first-order valence-electron chi connectivity index (χ1n) is 13.7. The van der Waals surface area contributed by atoms with Gasteiger partial charge in [0, 0.05) is 43.7 Å². The molecule has 3 fully saturated rings. The zero-order valence-electron chi connectivity index (χ0n) is 21.3. The van der Waals surface area contributed by atoms with Crippen molar-refractivity contribution in [3.05, 3.63) is 60.2 Å². The third kappa shape index (κ3) is 4.84. The van der Waals surface area contributed by atoms with Crippen LogP contribution in [0.2, 0.25) is 0 Å². The molecule has 2 aliphatic heterocycles. The fraction of sp³-hybridized carbons (Fsp3) is 0.483. The van der Waals surface area contributed by atoms with Crippen LogP contribution in [0.1, 0.15) is 48.9 Å². The Morgan fingerprint density at radius 3 is 2.38 bits per heavy atom. The van der Waals surface area contributed by atoms with Gasteiger partial charge in [0.25, 0.3) is 5.91 Å². The van der Waals surface area contributed by atoms with E-state index in [1.165, 1.54) is 10.1 Å². The Balaban J connectivity index is 1.00. The molecule has 2 saturated heterocycles. The predicted octanol–water partition coefficient (Wildman–Crippen LogP) is 5.09. The SMILES string of the molecule is O=C(c1ccccc1)N1C(=O)N(CCCCN2CCN(c3nsc4ccccc34)CC2)C2CCCCC21. The molecule has 0 N–H and O–H groups in total. The molecular weight excluding hydrogens is 482 g/mol. The normalized spacial score (nSPS) is 22.6.